The number of carbonyl (C=O) groups is 2. The maximum atomic E-state index is 13.2. The molecule has 4 nitrogen and oxygen atoms in total. The van der Waals surface area contributed by atoms with E-state index in [2.05, 4.69) is 0 Å². The second-order valence-corrected chi connectivity index (χ2v) is 7.81. The fourth-order valence-corrected chi connectivity index (χ4v) is 4.25. The van der Waals surface area contributed by atoms with Crippen molar-refractivity contribution < 1.29 is 18.7 Å². The first-order valence-corrected chi connectivity index (χ1v) is 9.92. The molecule has 0 bridgehead atoms. The van der Waals surface area contributed by atoms with E-state index in [0.717, 1.165) is 44.8 Å². The van der Waals surface area contributed by atoms with Gasteiger partial charge in [0, 0.05) is 10.4 Å². The van der Waals surface area contributed by atoms with Gasteiger partial charge in [-0.3, -0.25) is 14.5 Å². The number of fused-ring (bicyclic) bond motifs is 1. The van der Waals surface area contributed by atoms with Crippen LogP contribution in [0.15, 0.2) is 59.5 Å². The molecule has 4 rings (SSSR count). The lowest BCUT2D eigenvalue weighted by atomic mass is 10.0. The Bertz CT molecular complexity index is 1180. The molecule has 1 heterocycles. The normalized spacial score (nSPS) is 15.6. The molecule has 3 aromatic carbocycles. The smallest absolute Gasteiger partial charge is 0.293 e. The highest BCUT2D eigenvalue weighted by Crippen LogP contribution is 2.36. The summed E-state index contributed by atoms with van der Waals surface area (Å²) in [6.45, 7) is -0.00944. The molecule has 1 saturated heterocycles. The predicted octanol–water partition coefficient (Wildman–Crippen LogP) is 5.88. The molecule has 2 amide bonds. The molecule has 146 valence electrons. The lowest BCUT2D eigenvalue weighted by Gasteiger charge is -2.13. The van der Waals surface area contributed by atoms with Crippen LogP contribution in [-0.4, -0.2) is 23.2 Å². The lowest BCUT2D eigenvalue weighted by Crippen LogP contribution is -2.27. The number of halogens is 2. The monoisotopic (exact) mass is 427 g/mol. The molecule has 29 heavy (non-hydrogen) atoms. The van der Waals surface area contributed by atoms with Gasteiger partial charge >= 0.3 is 0 Å². The van der Waals surface area contributed by atoms with Crippen LogP contribution < -0.4 is 4.74 Å². The van der Waals surface area contributed by atoms with E-state index in [9.17, 15) is 14.0 Å². The maximum absolute atomic E-state index is 13.2. The number of imide groups is 1. The molecule has 1 aliphatic heterocycles. The highest BCUT2D eigenvalue weighted by atomic mass is 35.5. The van der Waals surface area contributed by atoms with E-state index in [1.54, 1.807) is 13.2 Å². The number of methoxy groups -OCH3 is 1. The Labute approximate surface area is 175 Å². The van der Waals surface area contributed by atoms with Crippen LogP contribution in [0, 0.1) is 5.82 Å². The summed E-state index contributed by atoms with van der Waals surface area (Å²) in [4.78, 5) is 26.7. The van der Waals surface area contributed by atoms with Crippen molar-refractivity contribution in [1.82, 2.24) is 4.90 Å². The molecule has 0 aromatic heterocycles. The van der Waals surface area contributed by atoms with Crippen LogP contribution in [0.1, 0.15) is 11.1 Å². The highest BCUT2D eigenvalue weighted by molar-refractivity contribution is 8.18. The van der Waals surface area contributed by atoms with E-state index in [1.165, 1.54) is 12.1 Å². The summed E-state index contributed by atoms with van der Waals surface area (Å²) < 4.78 is 18.6. The van der Waals surface area contributed by atoms with E-state index in [1.807, 2.05) is 36.4 Å². The Balaban J connectivity index is 1.67. The van der Waals surface area contributed by atoms with Gasteiger partial charge in [0.05, 0.1) is 18.6 Å². The second-order valence-electron chi connectivity index (χ2n) is 6.41. The summed E-state index contributed by atoms with van der Waals surface area (Å²) in [5.74, 6) is -0.142. The van der Waals surface area contributed by atoms with Gasteiger partial charge in [0.1, 0.15) is 11.6 Å². The minimum atomic E-state index is -0.473. The van der Waals surface area contributed by atoms with Crippen molar-refractivity contribution >= 4 is 51.4 Å². The van der Waals surface area contributed by atoms with Crippen LogP contribution in [0.3, 0.4) is 0 Å². The molecule has 0 unspecified atom stereocenters. The summed E-state index contributed by atoms with van der Waals surface area (Å²) >= 11 is 6.91. The molecule has 0 radical (unpaired) electrons. The molecule has 7 heteroatoms. The fourth-order valence-electron chi connectivity index (χ4n) is 3.20. The number of amides is 2. The maximum Gasteiger partial charge on any atom is 0.293 e. The third-order valence-electron chi connectivity index (χ3n) is 4.64. The number of thioether (sulfide) groups is 1. The summed E-state index contributed by atoms with van der Waals surface area (Å²) in [6.07, 6.45) is 1.71. The molecule has 3 aromatic rings. The first-order chi connectivity index (χ1) is 14.0. The molecule has 0 N–H and O–H groups in total. The third kappa shape index (κ3) is 3.73. The van der Waals surface area contributed by atoms with Crippen LogP contribution in [0.25, 0.3) is 16.8 Å². The number of rotatable bonds is 4. The van der Waals surface area contributed by atoms with E-state index < -0.39 is 11.7 Å². The summed E-state index contributed by atoms with van der Waals surface area (Å²) in [6, 6.07) is 15.3. The summed E-state index contributed by atoms with van der Waals surface area (Å²) in [5.41, 5.74) is 1.32. The number of nitrogens with zero attached hydrogens (tertiary/aromatic N) is 1. The average Bonchev–Trinajstić information content (AvgIpc) is 2.97. The quantitative estimate of drug-likeness (QED) is 0.488. The zero-order valence-corrected chi connectivity index (χ0v) is 16.9. The zero-order chi connectivity index (χ0) is 20.5. The van der Waals surface area contributed by atoms with Crippen molar-refractivity contribution in [3.8, 4) is 5.75 Å². The van der Waals surface area contributed by atoms with Crippen LogP contribution in [0.2, 0.25) is 5.02 Å². The molecule has 1 aliphatic rings. The van der Waals surface area contributed by atoms with Gasteiger partial charge in [-0.1, -0.05) is 48.0 Å². The Morgan fingerprint density at radius 2 is 1.86 bits per heavy atom. The highest BCUT2D eigenvalue weighted by Gasteiger charge is 2.35. The van der Waals surface area contributed by atoms with E-state index in [4.69, 9.17) is 16.3 Å². The van der Waals surface area contributed by atoms with Crippen molar-refractivity contribution in [2.45, 2.75) is 6.54 Å². The minimum absolute atomic E-state index is 0.00944. The number of hydrogen-bond donors (Lipinski definition) is 0. The molecular formula is C22H15ClFNO3S. The third-order valence-corrected chi connectivity index (χ3v) is 5.90. The van der Waals surface area contributed by atoms with E-state index in [0.29, 0.717) is 10.5 Å². The second kappa shape index (κ2) is 7.89. The first-order valence-electron chi connectivity index (χ1n) is 8.73. The van der Waals surface area contributed by atoms with E-state index in [-0.39, 0.29) is 16.8 Å². The van der Waals surface area contributed by atoms with Gasteiger partial charge < -0.3 is 4.74 Å². The van der Waals surface area contributed by atoms with Gasteiger partial charge in [-0.25, -0.2) is 4.39 Å². The van der Waals surface area contributed by atoms with Gasteiger partial charge in [-0.05, 0) is 52.6 Å². The number of ether oxygens (including phenoxy) is 1. The van der Waals surface area contributed by atoms with Crippen molar-refractivity contribution in [2.75, 3.05) is 7.11 Å². The minimum Gasteiger partial charge on any atom is -0.496 e. The SMILES string of the molecule is COc1ccc(/C=C2\SC(=O)N(Cc3ccc(F)cc3Cl)C2=O)c2ccccc12. The first kappa shape index (κ1) is 19.5. The molecule has 0 saturated carbocycles. The molecular weight excluding hydrogens is 413 g/mol. The average molecular weight is 428 g/mol. The standard InChI is InChI=1S/C22H15ClFNO3S/c1-28-19-9-7-13(16-4-2-3-5-17(16)19)10-20-21(26)25(22(27)29-20)12-14-6-8-15(24)11-18(14)23/h2-11H,12H2,1H3/b20-10-. The summed E-state index contributed by atoms with van der Waals surface area (Å²) in [7, 11) is 1.60. The Morgan fingerprint density at radius 1 is 1.10 bits per heavy atom. The van der Waals surface area contributed by atoms with Gasteiger partial charge in [-0.2, -0.15) is 0 Å². The van der Waals surface area contributed by atoms with Crippen LogP contribution in [-0.2, 0) is 11.3 Å². The van der Waals surface area contributed by atoms with Crippen molar-refractivity contribution in [3.63, 3.8) is 0 Å². The van der Waals surface area contributed by atoms with Crippen molar-refractivity contribution in [1.29, 1.82) is 0 Å². The Kier molecular flexibility index (Phi) is 5.30. The Morgan fingerprint density at radius 3 is 2.59 bits per heavy atom. The van der Waals surface area contributed by atoms with Crippen LogP contribution in [0.5, 0.6) is 5.75 Å². The molecule has 1 fully saturated rings. The van der Waals surface area contributed by atoms with Crippen LogP contribution in [0.4, 0.5) is 9.18 Å². The van der Waals surface area contributed by atoms with Crippen molar-refractivity contribution in [2.24, 2.45) is 0 Å². The van der Waals surface area contributed by atoms with E-state index >= 15 is 0 Å². The number of benzene rings is 3. The van der Waals surface area contributed by atoms with Gasteiger partial charge in [-0.15, -0.1) is 0 Å². The topological polar surface area (TPSA) is 46.6 Å². The van der Waals surface area contributed by atoms with Gasteiger partial charge in [0.25, 0.3) is 11.1 Å². The van der Waals surface area contributed by atoms with Gasteiger partial charge in [0.2, 0.25) is 0 Å². The fraction of sp³-hybridized carbons (Fsp3) is 0.0909. The zero-order valence-electron chi connectivity index (χ0n) is 15.3. The molecule has 0 atom stereocenters. The predicted molar refractivity (Wildman–Crippen MR) is 113 cm³/mol. The van der Waals surface area contributed by atoms with Crippen LogP contribution >= 0.6 is 23.4 Å². The summed E-state index contributed by atoms with van der Waals surface area (Å²) in [5, 5.41) is 1.62. The molecule has 0 spiro atoms. The molecule has 0 aliphatic carbocycles. The Hall–Kier alpha value is -2.83. The lowest BCUT2D eigenvalue weighted by molar-refractivity contribution is -0.123. The largest absolute Gasteiger partial charge is 0.496 e. The number of carbonyl (C=O) groups excluding carboxylic acids is 2. The van der Waals surface area contributed by atoms with Gasteiger partial charge in [0.15, 0.2) is 0 Å². The number of hydrogen-bond acceptors (Lipinski definition) is 4. The van der Waals surface area contributed by atoms with Crippen molar-refractivity contribution in [3.05, 3.63) is 81.5 Å².